The topological polar surface area (TPSA) is 62.7 Å². The number of benzene rings is 1. The Hall–Kier alpha value is -2.39. The summed E-state index contributed by atoms with van der Waals surface area (Å²) in [6.07, 6.45) is 1.55. The molecule has 5 rings (SSSR count). The standard InChI is InChI=1S/C23H22BrF2N3O3/c1-13-2-4-18(24)27-20(13)21(30)28-8-6-23(7-9-28)22(31)29-17(3-5-19(29)32-23)14-10-15(25)12-16(26)11-14/h2,4,10-12,17,19H,3,5-9H2,1H3/t17-,19+/m0/s1. The Kier molecular flexibility index (Phi) is 5.28. The van der Waals surface area contributed by atoms with Gasteiger partial charge in [0, 0.05) is 32.0 Å². The summed E-state index contributed by atoms with van der Waals surface area (Å²) < 4.78 is 34.4. The van der Waals surface area contributed by atoms with Crippen LogP contribution >= 0.6 is 15.9 Å². The van der Waals surface area contributed by atoms with Crippen LogP contribution in [-0.4, -0.2) is 51.5 Å². The quantitative estimate of drug-likeness (QED) is 0.575. The Labute approximate surface area is 192 Å². The zero-order chi connectivity index (χ0) is 22.6. The summed E-state index contributed by atoms with van der Waals surface area (Å²) in [5.74, 6) is -1.64. The van der Waals surface area contributed by atoms with Crippen molar-refractivity contribution in [2.75, 3.05) is 13.1 Å². The van der Waals surface area contributed by atoms with Crippen LogP contribution in [0.1, 0.15) is 53.3 Å². The van der Waals surface area contributed by atoms with Crippen LogP contribution in [0.4, 0.5) is 8.78 Å². The first-order valence-electron chi connectivity index (χ1n) is 10.7. The van der Waals surface area contributed by atoms with Gasteiger partial charge in [0.1, 0.15) is 28.2 Å². The molecule has 6 nitrogen and oxygen atoms in total. The monoisotopic (exact) mass is 505 g/mol. The predicted octanol–water partition coefficient (Wildman–Crippen LogP) is 4.13. The van der Waals surface area contributed by atoms with Gasteiger partial charge in [-0.2, -0.15) is 0 Å². The van der Waals surface area contributed by atoms with Crippen molar-refractivity contribution in [3.05, 3.63) is 63.4 Å². The van der Waals surface area contributed by atoms with Gasteiger partial charge in [0.2, 0.25) is 0 Å². The minimum Gasteiger partial charge on any atom is -0.342 e. The molecular weight excluding hydrogens is 484 g/mol. The van der Waals surface area contributed by atoms with Gasteiger partial charge >= 0.3 is 0 Å². The summed E-state index contributed by atoms with van der Waals surface area (Å²) in [5, 5.41) is 0. The van der Waals surface area contributed by atoms with Crippen molar-refractivity contribution in [2.24, 2.45) is 0 Å². The van der Waals surface area contributed by atoms with Crippen LogP contribution in [-0.2, 0) is 9.53 Å². The number of pyridine rings is 1. The molecule has 2 aromatic rings. The van der Waals surface area contributed by atoms with Crippen molar-refractivity contribution in [1.82, 2.24) is 14.8 Å². The highest BCUT2D eigenvalue weighted by Crippen LogP contribution is 2.47. The van der Waals surface area contributed by atoms with Crippen LogP contribution in [0.5, 0.6) is 0 Å². The number of likely N-dealkylation sites (tertiary alicyclic amines) is 1. The molecule has 0 aliphatic carbocycles. The Morgan fingerprint density at radius 1 is 1.16 bits per heavy atom. The van der Waals surface area contributed by atoms with Crippen LogP contribution in [0.2, 0.25) is 0 Å². The predicted molar refractivity (Wildman–Crippen MR) is 115 cm³/mol. The Bertz CT molecular complexity index is 1080. The fourth-order valence-corrected chi connectivity index (χ4v) is 5.39. The van der Waals surface area contributed by atoms with Gasteiger partial charge in [0.05, 0.1) is 6.04 Å². The Morgan fingerprint density at radius 2 is 1.84 bits per heavy atom. The SMILES string of the molecule is Cc1ccc(Br)nc1C(=O)N1CCC2(CC1)O[C@@H]1CC[C@@H](c3cc(F)cc(F)c3)N1C2=O. The number of aryl methyl sites for hydroxylation is 1. The molecule has 32 heavy (non-hydrogen) atoms. The average Bonchev–Trinajstić information content (AvgIpc) is 3.27. The van der Waals surface area contributed by atoms with Gasteiger partial charge in [-0.05, 0) is 65.0 Å². The number of carbonyl (C=O) groups excluding carboxylic acids is 2. The lowest BCUT2D eigenvalue weighted by atomic mass is 9.89. The zero-order valence-corrected chi connectivity index (χ0v) is 19.1. The van der Waals surface area contributed by atoms with Crippen molar-refractivity contribution in [3.8, 4) is 0 Å². The summed E-state index contributed by atoms with van der Waals surface area (Å²) >= 11 is 3.31. The van der Waals surface area contributed by atoms with Crippen molar-refractivity contribution in [3.63, 3.8) is 0 Å². The molecule has 3 aliphatic heterocycles. The molecular formula is C23H22BrF2N3O3. The molecule has 1 spiro atoms. The summed E-state index contributed by atoms with van der Waals surface area (Å²) in [6, 6.07) is 6.60. The normalized spacial score (nSPS) is 24.3. The van der Waals surface area contributed by atoms with Gasteiger partial charge < -0.3 is 14.5 Å². The van der Waals surface area contributed by atoms with E-state index in [4.69, 9.17) is 4.74 Å². The number of ether oxygens (including phenoxy) is 1. The number of amides is 2. The van der Waals surface area contributed by atoms with Crippen LogP contribution < -0.4 is 0 Å². The molecule has 1 aromatic carbocycles. The number of piperidine rings is 1. The highest BCUT2D eigenvalue weighted by atomic mass is 79.9. The molecule has 0 N–H and O–H groups in total. The van der Waals surface area contributed by atoms with E-state index in [0.717, 1.165) is 11.6 Å². The third-order valence-corrected chi connectivity index (χ3v) is 7.15. The molecule has 0 saturated carbocycles. The minimum absolute atomic E-state index is 0.154. The lowest BCUT2D eigenvalue weighted by Gasteiger charge is -2.37. The summed E-state index contributed by atoms with van der Waals surface area (Å²) in [7, 11) is 0. The van der Waals surface area contributed by atoms with Crippen molar-refractivity contribution in [2.45, 2.75) is 50.5 Å². The second-order valence-corrected chi connectivity index (χ2v) is 9.48. The molecule has 0 bridgehead atoms. The minimum atomic E-state index is -0.994. The van der Waals surface area contributed by atoms with Crippen LogP contribution in [0.15, 0.2) is 34.9 Å². The van der Waals surface area contributed by atoms with Gasteiger partial charge in [0.25, 0.3) is 11.8 Å². The lowest BCUT2D eigenvalue weighted by molar-refractivity contribution is -0.142. The van der Waals surface area contributed by atoms with Gasteiger partial charge in [-0.25, -0.2) is 13.8 Å². The summed E-state index contributed by atoms with van der Waals surface area (Å²) in [4.78, 5) is 34.1. The molecule has 1 aromatic heterocycles. The highest BCUT2D eigenvalue weighted by Gasteiger charge is 2.58. The molecule has 3 fully saturated rings. The maximum Gasteiger partial charge on any atom is 0.272 e. The van der Waals surface area contributed by atoms with Gasteiger partial charge in [-0.3, -0.25) is 9.59 Å². The smallest absolute Gasteiger partial charge is 0.272 e. The van der Waals surface area contributed by atoms with Gasteiger partial charge in [-0.1, -0.05) is 6.07 Å². The van der Waals surface area contributed by atoms with Crippen molar-refractivity contribution >= 4 is 27.7 Å². The largest absolute Gasteiger partial charge is 0.342 e. The molecule has 0 unspecified atom stereocenters. The molecule has 4 heterocycles. The van der Waals surface area contributed by atoms with Crippen molar-refractivity contribution in [1.29, 1.82) is 0 Å². The van der Waals surface area contributed by atoms with E-state index in [1.807, 2.05) is 13.0 Å². The molecule has 168 valence electrons. The summed E-state index contributed by atoms with van der Waals surface area (Å²) in [6.45, 7) is 2.58. The number of halogens is 3. The molecule has 0 radical (unpaired) electrons. The third-order valence-electron chi connectivity index (χ3n) is 6.71. The van der Waals surface area contributed by atoms with E-state index in [-0.39, 0.29) is 11.8 Å². The fraction of sp³-hybridized carbons (Fsp3) is 0.435. The van der Waals surface area contributed by atoms with Crippen molar-refractivity contribution < 1.29 is 23.1 Å². The molecule has 3 aliphatic rings. The van der Waals surface area contributed by atoms with E-state index in [1.54, 1.807) is 15.9 Å². The molecule has 9 heteroatoms. The van der Waals surface area contributed by atoms with E-state index in [0.29, 0.717) is 54.6 Å². The number of hydrogen-bond acceptors (Lipinski definition) is 4. The second kappa shape index (κ2) is 7.88. The van der Waals surface area contributed by atoms with E-state index in [9.17, 15) is 18.4 Å². The highest BCUT2D eigenvalue weighted by molar-refractivity contribution is 9.10. The maximum absolute atomic E-state index is 13.8. The van der Waals surface area contributed by atoms with Gasteiger partial charge in [-0.15, -0.1) is 0 Å². The fourth-order valence-electron chi connectivity index (χ4n) is 5.08. The number of carbonyl (C=O) groups is 2. The van der Waals surface area contributed by atoms with E-state index in [2.05, 4.69) is 20.9 Å². The van der Waals surface area contributed by atoms with E-state index >= 15 is 0 Å². The zero-order valence-electron chi connectivity index (χ0n) is 17.5. The number of hydrogen-bond donors (Lipinski definition) is 0. The van der Waals surface area contributed by atoms with Crippen LogP contribution in [0, 0.1) is 18.6 Å². The maximum atomic E-state index is 13.8. The molecule has 3 saturated heterocycles. The first-order valence-corrected chi connectivity index (χ1v) is 11.5. The third kappa shape index (κ3) is 3.51. The lowest BCUT2D eigenvalue weighted by Crippen LogP contribution is -2.51. The number of nitrogens with zero attached hydrogens (tertiary/aromatic N) is 3. The van der Waals surface area contributed by atoms with Gasteiger partial charge in [0.15, 0.2) is 5.60 Å². The molecule has 2 atom stereocenters. The van der Waals surface area contributed by atoms with E-state index < -0.39 is 29.5 Å². The first-order chi connectivity index (χ1) is 15.3. The second-order valence-electron chi connectivity index (χ2n) is 8.67. The van der Waals surface area contributed by atoms with Crippen LogP contribution in [0.3, 0.4) is 0 Å². The Morgan fingerprint density at radius 3 is 2.53 bits per heavy atom. The number of fused-ring (bicyclic) bond motifs is 1. The number of rotatable bonds is 2. The number of aromatic nitrogens is 1. The Balaban J connectivity index is 1.32. The average molecular weight is 506 g/mol. The summed E-state index contributed by atoms with van der Waals surface area (Å²) in [5.41, 5.74) is 0.634. The first kappa shape index (κ1) is 21.5. The van der Waals surface area contributed by atoms with Crippen LogP contribution in [0.25, 0.3) is 0 Å². The molecule has 2 amide bonds. The van der Waals surface area contributed by atoms with E-state index in [1.165, 1.54) is 12.1 Å².